The third-order valence-electron chi connectivity index (χ3n) is 5.89. The van der Waals surface area contributed by atoms with Gasteiger partial charge in [-0.05, 0) is 30.7 Å². The van der Waals surface area contributed by atoms with E-state index in [1.165, 1.54) is 18.0 Å². The Labute approximate surface area is 206 Å². The van der Waals surface area contributed by atoms with Crippen molar-refractivity contribution in [2.45, 2.75) is 50.1 Å². The van der Waals surface area contributed by atoms with Crippen molar-refractivity contribution in [1.82, 2.24) is 29.3 Å². The van der Waals surface area contributed by atoms with Crippen LogP contribution in [0.2, 0.25) is 0 Å². The van der Waals surface area contributed by atoms with Crippen molar-refractivity contribution < 1.29 is 0 Å². The van der Waals surface area contributed by atoms with E-state index < -0.39 is 0 Å². The number of nitrogens with zero attached hydrogens (tertiary/aromatic N) is 5. The topological polar surface area (TPSA) is 98.5 Å². The molecule has 2 aromatic carbocycles. The number of hydrogen-bond donors (Lipinski definition) is 1. The number of nitrogens with one attached hydrogen (secondary N) is 1. The Hall–Kier alpha value is -3.72. The highest BCUT2D eigenvalue weighted by atomic mass is 32.2. The van der Waals surface area contributed by atoms with Crippen LogP contribution in [0.15, 0.2) is 75.5 Å². The predicted molar refractivity (Wildman–Crippen MR) is 139 cm³/mol. The molecule has 0 amide bonds. The number of H-pyrrole nitrogens is 1. The monoisotopic (exact) mass is 486 g/mol. The lowest BCUT2D eigenvalue weighted by Crippen LogP contribution is -2.23. The van der Waals surface area contributed by atoms with Gasteiger partial charge < -0.3 is 4.98 Å². The molecule has 9 heteroatoms. The molecule has 0 saturated carbocycles. The molecule has 0 aliphatic heterocycles. The average molecular weight is 487 g/mol. The molecule has 35 heavy (non-hydrogen) atoms. The van der Waals surface area contributed by atoms with E-state index in [-0.39, 0.29) is 11.1 Å². The van der Waals surface area contributed by atoms with Crippen molar-refractivity contribution in [1.29, 1.82) is 0 Å². The van der Waals surface area contributed by atoms with Crippen molar-refractivity contribution >= 4 is 33.7 Å². The summed E-state index contributed by atoms with van der Waals surface area (Å²) in [5.74, 6) is 0.871. The molecule has 0 saturated heterocycles. The highest BCUT2D eigenvalue weighted by molar-refractivity contribution is 7.98. The molecule has 0 aliphatic rings. The Balaban J connectivity index is 1.48. The van der Waals surface area contributed by atoms with Gasteiger partial charge in [-0.2, -0.15) is 5.10 Å². The van der Waals surface area contributed by atoms with Gasteiger partial charge in [-0.25, -0.2) is 14.6 Å². The average Bonchev–Trinajstić information content (AvgIpc) is 3.32. The minimum Gasteiger partial charge on any atom is -0.309 e. The Morgan fingerprint density at radius 1 is 0.914 bits per heavy atom. The molecule has 0 radical (unpaired) electrons. The van der Waals surface area contributed by atoms with Crippen LogP contribution in [0.3, 0.4) is 0 Å². The van der Waals surface area contributed by atoms with Gasteiger partial charge in [-0.15, -0.1) is 0 Å². The summed E-state index contributed by atoms with van der Waals surface area (Å²) in [7, 11) is 0. The first-order valence-corrected chi connectivity index (χ1v) is 12.8. The molecule has 0 bridgehead atoms. The Bertz CT molecular complexity index is 1590. The minimum atomic E-state index is -0.240. The minimum absolute atomic E-state index is 0.0337. The molecule has 3 heterocycles. The van der Waals surface area contributed by atoms with Gasteiger partial charge in [-0.1, -0.05) is 68.3 Å². The van der Waals surface area contributed by atoms with Gasteiger partial charge in [0.15, 0.2) is 10.8 Å². The van der Waals surface area contributed by atoms with Crippen molar-refractivity contribution in [3.05, 3.63) is 87.3 Å². The van der Waals surface area contributed by atoms with E-state index in [1.54, 1.807) is 9.25 Å². The first-order chi connectivity index (χ1) is 17.2. The van der Waals surface area contributed by atoms with Gasteiger partial charge in [0.1, 0.15) is 11.2 Å². The molecule has 0 fully saturated rings. The maximum Gasteiger partial charge on any atom is 0.262 e. The summed E-state index contributed by atoms with van der Waals surface area (Å²) >= 11 is 1.40. The summed E-state index contributed by atoms with van der Waals surface area (Å²) in [5.41, 5.74) is 1.73. The predicted octanol–water partition coefficient (Wildman–Crippen LogP) is 4.69. The lowest BCUT2D eigenvalue weighted by atomic mass is 10.2. The first-order valence-electron chi connectivity index (χ1n) is 11.8. The van der Waals surface area contributed by atoms with Crippen LogP contribution in [0.25, 0.3) is 27.6 Å². The van der Waals surface area contributed by atoms with Gasteiger partial charge in [-0.3, -0.25) is 14.2 Å². The maximum atomic E-state index is 13.2. The van der Waals surface area contributed by atoms with Crippen LogP contribution in [0.5, 0.6) is 0 Å². The van der Waals surface area contributed by atoms with Crippen molar-refractivity contribution in [2.75, 3.05) is 0 Å². The van der Waals surface area contributed by atoms with Gasteiger partial charge >= 0.3 is 0 Å². The second-order valence-corrected chi connectivity index (χ2v) is 9.30. The number of unbranched alkanes of at least 4 members (excludes halogenated alkanes) is 3. The van der Waals surface area contributed by atoms with E-state index in [0.29, 0.717) is 45.2 Å². The number of rotatable bonds is 9. The van der Waals surface area contributed by atoms with Crippen molar-refractivity contribution in [3.63, 3.8) is 0 Å². The standard InChI is InChI=1S/C26H26N6O2S/c1-2-3-4-10-15-31-25(34)19-13-8-9-14-21(19)28-26(31)35-17-22-29-23-20(24(33)30-22)16-27-32(23)18-11-6-5-7-12-18/h5-9,11-14,16H,2-4,10,15,17H2,1H3,(H,29,30,33). The van der Waals surface area contributed by atoms with Crippen LogP contribution in [0.4, 0.5) is 0 Å². The molecular formula is C26H26N6O2S. The molecule has 0 aliphatic carbocycles. The number of fused-ring (bicyclic) bond motifs is 2. The third-order valence-corrected chi connectivity index (χ3v) is 6.88. The van der Waals surface area contributed by atoms with Gasteiger partial charge in [0, 0.05) is 6.54 Å². The second kappa shape index (κ2) is 10.3. The molecule has 3 aromatic heterocycles. The maximum absolute atomic E-state index is 13.2. The normalized spacial score (nSPS) is 11.5. The van der Waals surface area contributed by atoms with Crippen LogP contribution in [0.1, 0.15) is 38.4 Å². The summed E-state index contributed by atoms with van der Waals surface area (Å²) in [6, 6.07) is 17.0. The van der Waals surface area contributed by atoms with Crippen LogP contribution < -0.4 is 11.1 Å². The lowest BCUT2D eigenvalue weighted by Gasteiger charge is -2.13. The number of benzene rings is 2. The fraction of sp³-hybridized carbons (Fsp3) is 0.269. The van der Waals surface area contributed by atoms with Crippen molar-refractivity contribution in [2.24, 2.45) is 0 Å². The van der Waals surface area contributed by atoms with Crippen LogP contribution in [-0.2, 0) is 12.3 Å². The lowest BCUT2D eigenvalue weighted by molar-refractivity contribution is 0.531. The number of para-hydroxylation sites is 2. The molecule has 8 nitrogen and oxygen atoms in total. The van der Waals surface area contributed by atoms with Gasteiger partial charge in [0.2, 0.25) is 0 Å². The van der Waals surface area contributed by atoms with Crippen LogP contribution in [0, 0.1) is 0 Å². The number of thioether (sulfide) groups is 1. The molecule has 178 valence electrons. The van der Waals surface area contributed by atoms with Crippen molar-refractivity contribution in [3.8, 4) is 5.69 Å². The first kappa shape index (κ1) is 23.0. The summed E-state index contributed by atoms with van der Waals surface area (Å²) in [6.07, 6.45) is 5.78. The Morgan fingerprint density at radius 2 is 1.71 bits per heavy atom. The van der Waals surface area contributed by atoms with Gasteiger partial charge in [0.25, 0.3) is 11.1 Å². The zero-order valence-corrected chi connectivity index (χ0v) is 20.3. The molecule has 0 unspecified atom stereocenters. The molecule has 0 spiro atoms. The highest BCUT2D eigenvalue weighted by Crippen LogP contribution is 2.22. The smallest absolute Gasteiger partial charge is 0.262 e. The zero-order valence-electron chi connectivity index (χ0n) is 19.5. The quantitative estimate of drug-likeness (QED) is 0.184. The van der Waals surface area contributed by atoms with E-state index in [1.807, 2.05) is 54.6 Å². The van der Waals surface area contributed by atoms with E-state index in [4.69, 9.17) is 9.97 Å². The Kier molecular flexibility index (Phi) is 6.76. The fourth-order valence-electron chi connectivity index (χ4n) is 4.08. The summed E-state index contributed by atoms with van der Waals surface area (Å²) < 4.78 is 3.42. The van der Waals surface area contributed by atoms with E-state index >= 15 is 0 Å². The van der Waals surface area contributed by atoms with Crippen LogP contribution in [-0.4, -0.2) is 29.3 Å². The molecule has 1 N–H and O–H groups in total. The number of aromatic amines is 1. The molecule has 0 atom stereocenters. The highest BCUT2D eigenvalue weighted by Gasteiger charge is 2.15. The molecule has 5 aromatic rings. The van der Waals surface area contributed by atoms with E-state index in [9.17, 15) is 9.59 Å². The van der Waals surface area contributed by atoms with Gasteiger partial charge in [0.05, 0.1) is 28.5 Å². The molecular weight excluding hydrogens is 460 g/mol. The SMILES string of the molecule is CCCCCCn1c(SCc2nc3c(cnn3-c3ccccc3)c(=O)[nH]2)nc2ccccc2c1=O. The third kappa shape index (κ3) is 4.77. The number of aromatic nitrogens is 6. The van der Waals surface area contributed by atoms with E-state index in [0.717, 1.165) is 31.4 Å². The summed E-state index contributed by atoms with van der Waals surface area (Å²) in [6.45, 7) is 2.78. The summed E-state index contributed by atoms with van der Waals surface area (Å²) in [4.78, 5) is 38.3. The number of hydrogen-bond acceptors (Lipinski definition) is 6. The van der Waals surface area contributed by atoms with Crippen LogP contribution >= 0.6 is 11.8 Å². The summed E-state index contributed by atoms with van der Waals surface area (Å²) in [5, 5.41) is 6.04. The Morgan fingerprint density at radius 3 is 2.54 bits per heavy atom. The largest absolute Gasteiger partial charge is 0.309 e. The second-order valence-electron chi connectivity index (χ2n) is 8.36. The molecule has 5 rings (SSSR count). The van der Waals surface area contributed by atoms with E-state index in [2.05, 4.69) is 17.0 Å². The fourth-order valence-corrected chi connectivity index (χ4v) is 4.97. The zero-order chi connectivity index (χ0) is 24.2.